The van der Waals surface area contributed by atoms with Crippen LogP contribution in [-0.4, -0.2) is 37.3 Å². The molecule has 0 atom stereocenters. The lowest BCUT2D eigenvalue weighted by molar-refractivity contribution is -0.386. The van der Waals surface area contributed by atoms with E-state index in [1.54, 1.807) is 0 Å². The lowest BCUT2D eigenvalue weighted by Gasteiger charge is -2.16. The molecule has 8 heteroatoms. The van der Waals surface area contributed by atoms with Gasteiger partial charge in [0, 0.05) is 5.56 Å². The van der Waals surface area contributed by atoms with Gasteiger partial charge < -0.3 is 19.3 Å². The predicted octanol–water partition coefficient (Wildman–Crippen LogP) is 1.63. The van der Waals surface area contributed by atoms with Crippen molar-refractivity contribution < 1.29 is 29.0 Å². The monoisotopic (exact) mass is 271 g/mol. The quantitative estimate of drug-likeness (QED) is 0.640. The Morgan fingerprint density at radius 3 is 1.89 bits per heavy atom. The van der Waals surface area contributed by atoms with Crippen LogP contribution in [0, 0.1) is 17.0 Å². The van der Waals surface area contributed by atoms with Gasteiger partial charge in [0.15, 0.2) is 5.75 Å². The normalized spacial score (nSPS) is 9.89. The van der Waals surface area contributed by atoms with Gasteiger partial charge in [0.1, 0.15) is 5.56 Å². The van der Waals surface area contributed by atoms with E-state index in [1.165, 1.54) is 28.3 Å². The van der Waals surface area contributed by atoms with Crippen LogP contribution in [0.4, 0.5) is 5.69 Å². The number of carbonyl (C=O) groups is 1. The molecular formula is C11H13NO7. The summed E-state index contributed by atoms with van der Waals surface area (Å²) in [7, 11) is 3.77. The van der Waals surface area contributed by atoms with Crippen molar-refractivity contribution in [3.63, 3.8) is 0 Å². The lowest BCUT2D eigenvalue weighted by Crippen LogP contribution is -2.10. The van der Waals surface area contributed by atoms with Crippen molar-refractivity contribution in [3.05, 3.63) is 21.2 Å². The molecule has 1 rings (SSSR count). The Labute approximate surface area is 108 Å². The summed E-state index contributed by atoms with van der Waals surface area (Å²) in [5.74, 6) is -1.66. The van der Waals surface area contributed by atoms with Gasteiger partial charge in [-0.15, -0.1) is 0 Å². The van der Waals surface area contributed by atoms with Crippen LogP contribution in [0.3, 0.4) is 0 Å². The first-order valence-corrected chi connectivity index (χ1v) is 5.10. The van der Waals surface area contributed by atoms with Crippen LogP contribution < -0.4 is 14.2 Å². The van der Waals surface area contributed by atoms with Crippen LogP contribution in [-0.2, 0) is 0 Å². The number of methoxy groups -OCH3 is 3. The van der Waals surface area contributed by atoms with Gasteiger partial charge in [-0.05, 0) is 6.92 Å². The third-order valence-corrected chi connectivity index (χ3v) is 2.59. The van der Waals surface area contributed by atoms with Crippen molar-refractivity contribution in [3.8, 4) is 17.2 Å². The predicted molar refractivity (Wildman–Crippen MR) is 64.4 cm³/mol. The summed E-state index contributed by atoms with van der Waals surface area (Å²) in [6, 6.07) is 0. The zero-order chi connectivity index (χ0) is 14.7. The number of hydrogen-bond acceptors (Lipinski definition) is 6. The fraction of sp³-hybridized carbons (Fsp3) is 0.364. The second kappa shape index (κ2) is 5.42. The standard InChI is InChI=1S/C11H13NO7/c1-5-6(11(13)14)7(12(15)16)9(18-3)10(19-4)8(5)17-2/h1-4H3,(H,13,14). The van der Waals surface area contributed by atoms with Gasteiger partial charge in [-0.25, -0.2) is 4.79 Å². The fourth-order valence-electron chi connectivity index (χ4n) is 1.84. The summed E-state index contributed by atoms with van der Waals surface area (Å²) >= 11 is 0. The van der Waals surface area contributed by atoms with Gasteiger partial charge in [0.25, 0.3) is 0 Å². The minimum Gasteiger partial charge on any atom is -0.492 e. The maximum absolute atomic E-state index is 11.2. The molecule has 0 aromatic heterocycles. The summed E-state index contributed by atoms with van der Waals surface area (Å²) in [4.78, 5) is 21.5. The number of hydrogen-bond donors (Lipinski definition) is 1. The molecule has 0 heterocycles. The highest BCUT2D eigenvalue weighted by Gasteiger charge is 2.35. The Bertz CT molecular complexity index is 539. The topological polar surface area (TPSA) is 108 Å². The number of nitro groups is 1. The third-order valence-electron chi connectivity index (χ3n) is 2.59. The van der Waals surface area contributed by atoms with E-state index in [1.807, 2.05) is 0 Å². The van der Waals surface area contributed by atoms with Crippen molar-refractivity contribution in [1.29, 1.82) is 0 Å². The van der Waals surface area contributed by atoms with Crippen LogP contribution in [0.15, 0.2) is 0 Å². The Balaban J connectivity index is 3.93. The smallest absolute Gasteiger partial charge is 0.343 e. The summed E-state index contributed by atoms with van der Waals surface area (Å²) in [5, 5.41) is 20.2. The SMILES string of the molecule is COc1c(C)c(C(=O)O)c([N+](=O)[O-])c(OC)c1OC. The fourth-order valence-corrected chi connectivity index (χ4v) is 1.84. The molecule has 0 saturated heterocycles. The maximum Gasteiger partial charge on any atom is 0.343 e. The summed E-state index contributed by atoms with van der Waals surface area (Å²) in [6.07, 6.45) is 0. The Kier molecular flexibility index (Phi) is 4.15. The van der Waals surface area contributed by atoms with Crippen LogP contribution in [0.25, 0.3) is 0 Å². The molecule has 19 heavy (non-hydrogen) atoms. The highest BCUT2D eigenvalue weighted by atomic mass is 16.6. The van der Waals surface area contributed by atoms with E-state index >= 15 is 0 Å². The van der Waals surface area contributed by atoms with Gasteiger partial charge in [-0.2, -0.15) is 0 Å². The molecule has 0 amide bonds. The van der Waals surface area contributed by atoms with Crippen LogP contribution >= 0.6 is 0 Å². The lowest BCUT2D eigenvalue weighted by atomic mass is 10.0. The van der Waals surface area contributed by atoms with Crippen molar-refractivity contribution in [2.45, 2.75) is 6.92 Å². The molecule has 0 radical (unpaired) electrons. The Morgan fingerprint density at radius 2 is 1.58 bits per heavy atom. The second-order valence-corrected chi connectivity index (χ2v) is 3.51. The number of nitrogens with zero attached hydrogens (tertiary/aromatic N) is 1. The number of aromatic carboxylic acids is 1. The summed E-state index contributed by atoms with van der Waals surface area (Å²) < 4.78 is 15.0. The van der Waals surface area contributed by atoms with Crippen molar-refractivity contribution in [2.24, 2.45) is 0 Å². The molecule has 1 aromatic rings. The number of ether oxygens (including phenoxy) is 3. The second-order valence-electron chi connectivity index (χ2n) is 3.51. The molecule has 0 spiro atoms. The first-order chi connectivity index (χ1) is 8.90. The summed E-state index contributed by atoms with van der Waals surface area (Å²) in [6.45, 7) is 1.40. The van der Waals surface area contributed by atoms with Gasteiger partial charge in [0.2, 0.25) is 11.5 Å². The number of nitro benzene ring substituents is 1. The van der Waals surface area contributed by atoms with Gasteiger partial charge >= 0.3 is 11.7 Å². The van der Waals surface area contributed by atoms with E-state index in [0.717, 1.165) is 0 Å². The average molecular weight is 271 g/mol. The van der Waals surface area contributed by atoms with Gasteiger partial charge in [0.05, 0.1) is 26.3 Å². The molecule has 8 nitrogen and oxygen atoms in total. The first kappa shape index (κ1) is 14.6. The van der Waals surface area contributed by atoms with Crippen LogP contribution in [0.1, 0.15) is 15.9 Å². The number of carboxylic acid groups (broad SMARTS) is 1. The molecule has 0 fully saturated rings. The highest BCUT2D eigenvalue weighted by Crippen LogP contribution is 2.48. The molecule has 0 aliphatic carbocycles. The molecule has 0 aliphatic heterocycles. The zero-order valence-corrected chi connectivity index (χ0v) is 10.8. The minimum atomic E-state index is -1.44. The van der Waals surface area contributed by atoms with Crippen LogP contribution in [0.5, 0.6) is 17.2 Å². The molecule has 0 unspecified atom stereocenters. The average Bonchev–Trinajstić information content (AvgIpc) is 2.35. The Hall–Kier alpha value is -2.51. The molecule has 0 saturated carbocycles. The largest absolute Gasteiger partial charge is 0.492 e. The van der Waals surface area contributed by atoms with Gasteiger partial charge in [-0.1, -0.05) is 0 Å². The van der Waals surface area contributed by atoms with Crippen molar-refractivity contribution in [2.75, 3.05) is 21.3 Å². The number of benzene rings is 1. The van der Waals surface area contributed by atoms with E-state index in [-0.39, 0.29) is 22.8 Å². The van der Waals surface area contributed by atoms with E-state index < -0.39 is 22.1 Å². The van der Waals surface area contributed by atoms with Gasteiger partial charge in [-0.3, -0.25) is 10.1 Å². The maximum atomic E-state index is 11.2. The number of carboxylic acids is 1. The first-order valence-electron chi connectivity index (χ1n) is 5.10. The van der Waals surface area contributed by atoms with E-state index in [2.05, 4.69) is 0 Å². The molecule has 1 N–H and O–H groups in total. The van der Waals surface area contributed by atoms with Crippen LogP contribution in [0.2, 0.25) is 0 Å². The summed E-state index contributed by atoms with van der Waals surface area (Å²) in [5.41, 5.74) is -1.05. The molecular weight excluding hydrogens is 258 g/mol. The van der Waals surface area contributed by atoms with Crippen molar-refractivity contribution >= 4 is 11.7 Å². The zero-order valence-electron chi connectivity index (χ0n) is 10.8. The minimum absolute atomic E-state index is 0.0146. The Morgan fingerprint density at radius 1 is 1.11 bits per heavy atom. The molecule has 0 bridgehead atoms. The molecule has 104 valence electrons. The number of rotatable bonds is 5. The van der Waals surface area contributed by atoms with E-state index in [9.17, 15) is 14.9 Å². The van der Waals surface area contributed by atoms with E-state index in [4.69, 9.17) is 19.3 Å². The molecule has 0 aliphatic rings. The molecule has 1 aromatic carbocycles. The van der Waals surface area contributed by atoms with Crippen molar-refractivity contribution in [1.82, 2.24) is 0 Å². The van der Waals surface area contributed by atoms with E-state index in [0.29, 0.717) is 0 Å². The third kappa shape index (κ3) is 2.24. The highest BCUT2D eigenvalue weighted by molar-refractivity contribution is 5.97.